The fourth-order valence-electron chi connectivity index (χ4n) is 3.96. The van der Waals surface area contributed by atoms with Gasteiger partial charge in [-0.1, -0.05) is 6.07 Å². The number of aromatic nitrogens is 4. The molecule has 1 fully saturated rings. The summed E-state index contributed by atoms with van der Waals surface area (Å²) in [4.78, 5) is 15.0. The molecule has 0 radical (unpaired) electrons. The van der Waals surface area contributed by atoms with Crippen LogP contribution in [0.1, 0.15) is 37.2 Å². The topological polar surface area (TPSA) is 78.8 Å². The van der Waals surface area contributed by atoms with E-state index in [4.69, 9.17) is 0 Å². The van der Waals surface area contributed by atoms with E-state index in [1.54, 1.807) is 24.7 Å². The number of hydrogen-bond donors (Lipinski definition) is 2. The maximum Gasteiger partial charge on any atom is 0.272 e. The van der Waals surface area contributed by atoms with Crippen LogP contribution in [-0.4, -0.2) is 62.1 Å². The van der Waals surface area contributed by atoms with Gasteiger partial charge < -0.3 is 10.2 Å². The molecule has 7 nitrogen and oxygen atoms in total. The number of aryl methyl sites for hydroxylation is 1. The summed E-state index contributed by atoms with van der Waals surface area (Å²) in [6, 6.07) is 5.96. The number of aromatic amines is 1. The molecule has 0 unspecified atom stereocenters. The number of amides is 1. The number of likely N-dealkylation sites (tertiary alicyclic amines) is 1. The summed E-state index contributed by atoms with van der Waals surface area (Å²) in [5, 5.41) is 15.3. The van der Waals surface area contributed by atoms with Gasteiger partial charge in [0.25, 0.3) is 5.91 Å². The minimum absolute atomic E-state index is 0.0785. The Morgan fingerprint density at radius 1 is 1.31 bits per heavy atom. The zero-order valence-corrected chi connectivity index (χ0v) is 17.1. The Morgan fingerprint density at radius 3 is 2.72 bits per heavy atom. The molecule has 8 heteroatoms. The van der Waals surface area contributed by atoms with Crippen LogP contribution in [0, 0.1) is 0 Å². The maximum absolute atomic E-state index is 13.8. The Morgan fingerprint density at radius 2 is 2.07 bits per heavy atom. The molecular formula is C21H27FN6O. The third-order valence-corrected chi connectivity index (χ3v) is 5.34. The van der Waals surface area contributed by atoms with Crippen molar-refractivity contribution >= 4 is 16.8 Å². The van der Waals surface area contributed by atoms with Gasteiger partial charge in [-0.25, -0.2) is 4.39 Å². The number of rotatable bonds is 5. The van der Waals surface area contributed by atoms with Gasteiger partial charge in [0.05, 0.1) is 11.7 Å². The Labute approximate surface area is 169 Å². The first-order chi connectivity index (χ1) is 13.8. The molecule has 1 aliphatic heterocycles. The molecule has 0 aliphatic carbocycles. The Kier molecular flexibility index (Phi) is 5.12. The third kappa shape index (κ3) is 4.48. The lowest BCUT2D eigenvalue weighted by atomic mass is 10.0. The Hall–Kier alpha value is -2.74. The van der Waals surface area contributed by atoms with Gasteiger partial charge in [-0.15, -0.1) is 0 Å². The normalized spacial score (nSPS) is 16.4. The number of carbonyl (C=O) groups is 1. The molecule has 4 rings (SSSR count). The van der Waals surface area contributed by atoms with Crippen LogP contribution in [0.5, 0.6) is 0 Å². The molecule has 0 saturated carbocycles. The molecule has 3 heterocycles. The van der Waals surface area contributed by atoms with Gasteiger partial charge in [0.1, 0.15) is 5.67 Å². The number of carbonyl (C=O) groups excluding carboxylic acids is 1. The Bertz CT molecular complexity index is 1010. The van der Waals surface area contributed by atoms with E-state index >= 15 is 0 Å². The van der Waals surface area contributed by atoms with Crippen LogP contribution in [0.4, 0.5) is 4.39 Å². The van der Waals surface area contributed by atoms with Crippen molar-refractivity contribution in [1.82, 2.24) is 30.2 Å². The number of piperidine rings is 1. The van der Waals surface area contributed by atoms with Gasteiger partial charge in [0.15, 0.2) is 5.69 Å². The summed E-state index contributed by atoms with van der Waals surface area (Å²) < 4.78 is 15.6. The summed E-state index contributed by atoms with van der Waals surface area (Å²) in [7, 11) is 1.87. The number of hydrogen-bond acceptors (Lipinski definition) is 4. The summed E-state index contributed by atoms with van der Waals surface area (Å²) in [5.74, 6) is -0.177. The highest BCUT2D eigenvalue weighted by atomic mass is 19.1. The predicted molar refractivity (Wildman–Crippen MR) is 110 cm³/mol. The van der Waals surface area contributed by atoms with Crippen LogP contribution in [0.25, 0.3) is 22.0 Å². The fourth-order valence-corrected chi connectivity index (χ4v) is 3.96. The molecule has 0 spiro atoms. The van der Waals surface area contributed by atoms with Gasteiger partial charge in [0.2, 0.25) is 0 Å². The number of benzene rings is 1. The first kappa shape index (κ1) is 19.6. The van der Waals surface area contributed by atoms with Crippen molar-refractivity contribution in [1.29, 1.82) is 0 Å². The van der Waals surface area contributed by atoms with Gasteiger partial charge in [-0.2, -0.15) is 10.2 Å². The minimum atomic E-state index is -1.20. The fraction of sp³-hybridized carbons (Fsp3) is 0.476. The molecule has 0 bridgehead atoms. The van der Waals surface area contributed by atoms with Gasteiger partial charge in [-0.05, 0) is 44.4 Å². The molecule has 2 aromatic heterocycles. The van der Waals surface area contributed by atoms with Crippen LogP contribution in [0.3, 0.4) is 0 Å². The SMILES string of the molecule is Cn1cc(-c2ccc3[nH]nc(C(=O)NC4CCN(CC(C)(C)F)CC4)c3c2)cn1. The highest BCUT2D eigenvalue weighted by Crippen LogP contribution is 2.25. The van der Waals surface area contributed by atoms with Crippen molar-refractivity contribution in [3.05, 3.63) is 36.3 Å². The number of halogens is 1. The molecule has 154 valence electrons. The number of nitrogens with zero attached hydrogens (tertiary/aromatic N) is 4. The van der Waals surface area contributed by atoms with E-state index < -0.39 is 5.67 Å². The number of alkyl halides is 1. The molecule has 1 aromatic carbocycles. The van der Waals surface area contributed by atoms with E-state index in [9.17, 15) is 9.18 Å². The number of H-pyrrole nitrogens is 1. The second kappa shape index (κ2) is 7.59. The van der Waals surface area contributed by atoms with Crippen molar-refractivity contribution in [2.24, 2.45) is 7.05 Å². The molecule has 1 aliphatic rings. The van der Waals surface area contributed by atoms with E-state index in [1.807, 2.05) is 31.4 Å². The summed E-state index contributed by atoms with van der Waals surface area (Å²) in [6.45, 7) is 5.19. The molecule has 0 atom stereocenters. The van der Waals surface area contributed by atoms with Crippen molar-refractivity contribution in [3.63, 3.8) is 0 Å². The van der Waals surface area contributed by atoms with Crippen LogP contribution >= 0.6 is 0 Å². The first-order valence-corrected chi connectivity index (χ1v) is 9.98. The first-order valence-electron chi connectivity index (χ1n) is 9.98. The van der Waals surface area contributed by atoms with Gasteiger partial charge in [-0.3, -0.25) is 14.6 Å². The van der Waals surface area contributed by atoms with Gasteiger partial charge in [0, 0.05) is 49.9 Å². The average molecular weight is 398 g/mol. The highest BCUT2D eigenvalue weighted by molar-refractivity contribution is 6.05. The van der Waals surface area contributed by atoms with Crippen molar-refractivity contribution in [3.8, 4) is 11.1 Å². The van der Waals surface area contributed by atoms with Crippen LogP contribution in [-0.2, 0) is 7.05 Å². The molecule has 29 heavy (non-hydrogen) atoms. The van der Waals surface area contributed by atoms with Crippen LogP contribution < -0.4 is 5.32 Å². The lowest BCUT2D eigenvalue weighted by Crippen LogP contribution is -2.47. The monoisotopic (exact) mass is 398 g/mol. The molecule has 1 saturated heterocycles. The summed E-state index contributed by atoms with van der Waals surface area (Å²) in [6.07, 6.45) is 5.36. The van der Waals surface area contributed by atoms with E-state index in [-0.39, 0.29) is 11.9 Å². The lowest BCUT2D eigenvalue weighted by molar-refractivity contribution is 0.0844. The van der Waals surface area contributed by atoms with E-state index in [2.05, 4.69) is 25.5 Å². The molecule has 2 N–H and O–H groups in total. The van der Waals surface area contributed by atoms with Crippen LogP contribution in [0.15, 0.2) is 30.6 Å². The average Bonchev–Trinajstić information content (AvgIpc) is 3.27. The van der Waals surface area contributed by atoms with E-state index in [0.29, 0.717) is 12.2 Å². The lowest BCUT2D eigenvalue weighted by Gasteiger charge is -2.34. The predicted octanol–water partition coefficient (Wildman–Crippen LogP) is 2.91. The smallest absolute Gasteiger partial charge is 0.272 e. The third-order valence-electron chi connectivity index (χ3n) is 5.34. The van der Waals surface area contributed by atoms with Crippen molar-refractivity contribution < 1.29 is 9.18 Å². The van der Waals surface area contributed by atoms with Gasteiger partial charge >= 0.3 is 0 Å². The van der Waals surface area contributed by atoms with Crippen molar-refractivity contribution in [2.45, 2.75) is 38.4 Å². The largest absolute Gasteiger partial charge is 0.348 e. The zero-order chi connectivity index (χ0) is 20.6. The van der Waals surface area contributed by atoms with Crippen LogP contribution in [0.2, 0.25) is 0 Å². The minimum Gasteiger partial charge on any atom is -0.348 e. The second-order valence-corrected chi connectivity index (χ2v) is 8.48. The summed E-state index contributed by atoms with van der Waals surface area (Å²) >= 11 is 0. The second-order valence-electron chi connectivity index (χ2n) is 8.48. The zero-order valence-electron chi connectivity index (χ0n) is 17.1. The van der Waals surface area contributed by atoms with E-state index in [0.717, 1.165) is 48.0 Å². The standard InChI is InChI=1S/C21H27FN6O/c1-21(2,22)13-28-8-6-16(7-9-28)24-20(29)19-17-10-14(4-5-18(17)25-26-19)15-11-23-27(3)12-15/h4-5,10-12,16H,6-9,13H2,1-3H3,(H,24,29)(H,25,26). The number of fused-ring (bicyclic) bond motifs is 1. The molecule has 3 aromatic rings. The number of nitrogens with one attached hydrogen (secondary N) is 2. The van der Waals surface area contributed by atoms with Crippen molar-refractivity contribution in [2.75, 3.05) is 19.6 Å². The Balaban J connectivity index is 1.45. The molecule has 1 amide bonds. The highest BCUT2D eigenvalue weighted by Gasteiger charge is 2.27. The molecular weight excluding hydrogens is 371 g/mol. The summed E-state index contributed by atoms with van der Waals surface area (Å²) in [5.41, 5.74) is 2.00. The quantitative estimate of drug-likeness (QED) is 0.693. The maximum atomic E-state index is 13.8. The van der Waals surface area contributed by atoms with E-state index in [1.165, 1.54) is 0 Å².